The highest BCUT2D eigenvalue weighted by Crippen LogP contribution is 2.29. The smallest absolute Gasteiger partial charge is 0.326 e. The monoisotopic (exact) mass is 340 g/mol. The standard InChI is InChI=1S/C17H16N4O2S/c1-9(2)21-13-6-5-11(8-12(13)18-17(21)22)15-19-16(23-20-15)14-7-4-10(3)24-14/h4-9H,1-3H3,(H,18,22). The van der Waals surface area contributed by atoms with Crippen molar-refractivity contribution in [2.45, 2.75) is 26.8 Å². The van der Waals surface area contributed by atoms with Crippen LogP contribution in [0.1, 0.15) is 24.8 Å². The van der Waals surface area contributed by atoms with Gasteiger partial charge in [0.05, 0.1) is 15.9 Å². The first-order valence-electron chi connectivity index (χ1n) is 7.68. The van der Waals surface area contributed by atoms with Crippen LogP contribution in [0.5, 0.6) is 0 Å². The molecular formula is C17H16N4O2S. The Morgan fingerprint density at radius 2 is 2.08 bits per heavy atom. The van der Waals surface area contributed by atoms with E-state index in [0.29, 0.717) is 11.7 Å². The molecule has 4 aromatic rings. The summed E-state index contributed by atoms with van der Waals surface area (Å²) in [5, 5.41) is 4.06. The number of benzene rings is 1. The van der Waals surface area contributed by atoms with Gasteiger partial charge in [-0.1, -0.05) is 5.16 Å². The van der Waals surface area contributed by atoms with Crippen molar-refractivity contribution in [1.29, 1.82) is 0 Å². The van der Waals surface area contributed by atoms with E-state index in [0.717, 1.165) is 21.5 Å². The highest BCUT2D eigenvalue weighted by atomic mass is 32.1. The van der Waals surface area contributed by atoms with Crippen molar-refractivity contribution in [3.8, 4) is 22.2 Å². The van der Waals surface area contributed by atoms with E-state index in [1.54, 1.807) is 15.9 Å². The lowest BCUT2D eigenvalue weighted by atomic mass is 10.2. The van der Waals surface area contributed by atoms with E-state index in [-0.39, 0.29) is 11.7 Å². The lowest BCUT2D eigenvalue weighted by Crippen LogP contribution is -2.18. The number of aromatic amines is 1. The van der Waals surface area contributed by atoms with Gasteiger partial charge in [-0.15, -0.1) is 11.3 Å². The number of imidazole rings is 1. The summed E-state index contributed by atoms with van der Waals surface area (Å²) in [6.07, 6.45) is 0. The lowest BCUT2D eigenvalue weighted by molar-refractivity contribution is 0.433. The average molecular weight is 340 g/mol. The molecule has 3 aromatic heterocycles. The number of aromatic nitrogens is 4. The van der Waals surface area contributed by atoms with Crippen molar-refractivity contribution in [3.63, 3.8) is 0 Å². The third kappa shape index (κ3) is 2.37. The Morgan fingerprint density at radius 1 is 1.25 bits per heavy atom. The van der Waals surface area contributed by atoms with Crippen molar-refractivity contribution in [3.05, 3.63) is 45.7 Å². The fraction of sp³-hybridized carbons (Fsp3) is 0.235. The van der Waals surface area contributed by atoms with Crippen LogP contribution >= 0.6 is 11.3 Å². The molecule has 0 aliphatic heterocycles. The minimum absolute atomic E-state index is 0.0935. The van der Waals surface area contributed by atoms with Crippen molar-refractivity contribution < 1.29 is 4.52 Å². The Hall–Kier alpha value is -2.67. The summed E-state index contributed by atoms with van der Waals surface area (Å²) in [4.78, 5) is 21.6. The van der Waals surface area contributed by atoms with Gasteiger partial charge in [-0.2, -0.15) is 4.98 Å². The van der Waals surface area contributed by atoms with Crippen LogP contribution in [-0.4, -0.2) is 19.7 Å². The average Bonchev–Trinajstić information content (AvgIpc) is 3.22. The Labute approximate surface area is 141 Å². The molecule has 0 saturated heterocycles. The van der Waals surface area contributed by atoms with Gasteiger partial charge in [0.1, 0.15) is 0 Å². The highest BCUT2D eigenvalue weighted by molar-refractivity contribution is 7.15. The molecule has 0 unspecified atom stereocenters. The zero-order valence-corrected chi connectivity index (χ0v) is 14.3. The first-order chi connectivity index (χ1) is 11.5. The molecule has 0 bridgehead atoms. The quantitative estimate of drug-likeness (QED) is 0.611. The fourth-order valence-corrected chi connectivity index (χ4v) is 3.56. The molecule has 0 fully saturated rings. The number of H-pyrrole nitrogens is 1. The molecule has 0 radical (unpaired) electrons. The molecule has 1 N–H and O–H groups in total. The van der Waals surface area contributed by atoms with E-state index in [1.807, 2.05) is 51.1 Å². The van der Waals surface area contributed by atoms with Crippen LogP contribution in [0.4, 0.5) is 0 Å². The normalized spacial score (nSPS) is 11.7. The zero-order chi connectivity index (χ0) is 16.8. The van der Waals surface area contributed by atoms with E-state index in [1.165, 1.54) is 4.88 Å². The molecule has 0 amide bonds. The van der Waals surface area contributed by atoms with Gasteiger partial charge in [-0.25, -0.2) is 4.79 Å². The predicted molar refractivity (Wildman–Crippen MR) is 94.3 cm³/mol. The molecule has 3 heterocycles. The summed E-state index contributed by atoms with van der Waals surface area (Å²) in [5.41, 5.74) is 2.34. The Bertz CT molecular complexity index is 1080. The van der Waals surface area contributed by atoms with Gasteiger partial charge in [-0.05, 0) is 51.1 Å². The summed E-state index contributed by atoms with van der Waals surface area (Å²) in [6, 6.07) is 9.78. The molecular weight excluding hydrogens is 324 g/mol. The van der Waals surface area contributed by atoms with E-state index in [2.05, 4.69) is 15.1 Å². The number of aryl methyl sites for hydroxylation is 1. The number of thiophene rings is 1. The van der Waals surface area contributed by atoms with Gasteiger partial charge in [0.2, 0.25) is 5.82 Å². The number of nitrogens with zero attached hydrogens (tertiary/aromatic N) is 3. The molecule has 6 nitrogen and oxygen atoms in total. The van der Waals surface area contributed by atoms with Crippen LogP contribution in [-0.2, 0) is 0 Å². The molecule has 24 heavy (non-hydrogen) atoms. The maximum atomic E-state index is 12.1. The summed E-state index contributed by atoms with van der Waals surface area (Å²) in [5.74, 6) is 1.02. The minimum atomic E-state index is -0.111. The molecule has 0 aliphatic carbocycles. The summed E-state index contributed by atoms with van der Waals surface area (Å²) >= 11 is 1.61. The molecule has 0 aliphatic rings. The van der Waals surface area contributed by atoms with Gasteiger partial charge in [0.15, 0.2) is 0 Å². The maximum absolute atomic E-state index is 12.1. The Kier molecular flexibility index (Phi) is 3.38. The highest BCUT2D eigenvalue weighted by Gasteiger charge is 2.15. The number of hydrogen-bond acceptors (Lipinski definition) is 5. The topological polar surface area (TPSA) is 76.7 Å². The van der Waals surface area contributed by atoms with Crippen LogP contribution in [0.3, 0.4) is 0 Å². The van der Waals surface area contributed by atoms with Crippen LogP contribution in [0, 0.1) is 6.92 Å². The van der Waals surface area contributed by atoms with Crippen molar-refractivity contribution in [1.82, 2.24) is 19.7 Å². The second-order valence-electron chi connectivity index (χ2n) is 5.96. The second-order valence-corrected chi connectivity index (χ2v) is 7.25. The minimum Gasteiger partial charge on any atom is -0.333 e. The first-order valence-corrected chi connectivity index (χ1v) is 8.50. The van der Waals surface area contributed by atoms with Crippen LogP contribution in [0.15, 0.2) is 39.6 Å². The zero-order valence-electron chi connectivity index (χ0n) is 13.5. The van der Waals surface area contributed by atoms with Crippen LogP contribution in [0.2, 0.25) is 0 Å². The molecule has 122 valence electrons. The van der Waals surface area contributed by atoms with Gasteiger partial charge in [0, 0.05) is 16.5 Å². The third-order valence-electron chi connectivity index (χ3n) is 3.87. The maximum Gasteiger partial charge on any atom is 0.326 e. The number of hydrogen-bond donors (Lipinski definition) is 1. The number of nitrogens with one attached hydrogen (secondary N) is 1. The van der Waals surface area contributed by atoms with E-state index >= 15 is 0 Å². The van der Waals surface area contributed by atoms with E-state index < -0.39 is 0 Å². The van der Waals surface area contributed by atoms with Gasteiger partial charge in [0.25, 0.3) is 5.89 Å². The molecule has 0 saturated carbocycles. The molecule has 0 atom stereocenters. The lowest BCUT2D eigenvalue weighted by Gasteiger charge is -2.06. The van der Waals surface area contributed by atoms with Gasteiger partial charge >= 0.3 is 5.69 Å². The summed E-state index contributed by atoms with van der Waals surface area (Å²) in [6.45, 7) is 6.00. The third-order valence-corrected chi connectivity index (χ3v) is 4.86. The molecule has 0 spiro atoms. The number of fused-ring (bicyclic) bond motifs is 1. The van der Waals surface area contributed by atoms with Crippen LogP contribution < -0.4 is 5.69 Å². The fourth-order valence-electron chi connectivity index (χ4n) is 2.77. The van der Waals surface area contributed by atoms with E-state index in [9.17, 15) is 4.79 Å². The van der Waals surface area contributed by atoms with Crippen molar-refractivity contribution in [2.24, 2.45) is 0 Å². The first kappa shape index (κ1) is 14.9. The number of rotatable bonds is 3. The molecule has 1 aromatic carbocycles. The summed E-state index contributed by atoms with van der Waals surface area (Å²) < 4.78 is 7.10. The molecule has 7 heteroatoms. The molecule has 4 rings (SSSR count). The SMILES string of the molecule is Cc1ccc(-c2nc(-c3ccc4c(c3)[nH]c(=O)n4C(C)C)no2)s1. The van der Waals surface area contributed by atoms with Gasteiger partial charge < -0.3 is 9.51 Å². The van der Waals surface area contributed by atoms with E-state index in [4.69, 9.17) is 4.52 Å². The van der Waals surface area contributed by atoms with Crippen molar-refractivity contribution in [2.75, 3.05) is 0 Å². The largest absolute Gasteiger partial charge is 0.333 e. The second kappa shape index (κ2) is 5.45. The Balaban J connectivity index is 1.77. The summed E-state index contributed by atoms with van der Waals surface area (Å²) in [7, 11) is 0. The van der Waals surface area contributed by atoms with Crippen molar-refractivity contribution >= 4 is 22.4 Å². The Morgan fingerprint density at radius 3 is 2.79 bits per heavy atom. The predicted octanol–water partition coefficient (Wildman–Crippen LogP) is 4.00. The van der Waals surface area contributed by atoms with Crippen LogP contribution in [0.25, 0.3) is 33.2 Å². The van der Waals surface area contributed by atoms with Gasteiger partial charge in [-0.3, -0.25) is 4.57 Å².